The van der Waals surface area contributed by atoms with E-state index in [0.29, 0.717) is 0 Å². The Morgan fingerprint density at radius 3 is 2.39 bits per heavy atom. The molecule has 1 aromatic rings. The maximum atomic E-state index is 12.9. The summed E-state index contributed by atoms with van der Waals surface area (Å²) in [4.78, 5) is 0. The van der Waals surface area contributed by atoms with Gasteiger partial charge in [0.2, 0.25) is 0 Å². The van der Waals surface area contributed by atoms with Gasteiger partial charge in [0.1, 0.15) is 5.82 Å². The average molecular weight is 253 g/mol. The van der Waals surface area contributed by atoms with Gasteiger partial charge in [-0.2, -0.15) is 0 Å². The van der Waals surface area contributed by atoms with Crippen molar-refractivity contribution in [3.63, 3.8) is 0 Å². The minimum atomic E-state index is -0.185. The van der Waals surface area contributed by atoms with E-state index in [0.717, 1.165) is 31.4 Å². The van der Waals surface area contributed by atoms with Crippen LogP contribution in [0.1, 0.15) is 32.3 Å². The smallest absolute Gasteiger partial charge is 0.123 e. The molecule has 0 fully saturated rings. The van der Waals surface area contributed by atoms with E-state index in [1.165, 1.54) is 12.1 Å². The van der Waals surface area contributed by atoms with Gasteiger partial charge in [0, 0.05) is 13.2 Å². The Balaban J connectivity index is 2.68. The Kier molecular flexibility index (Phi) is 6.91. The normalized spacial score (nSPS) is 14.4. The number of rotatable bonds is 8. The van der Waals surface area contributed by atoms with Crippen LogP contribution in [0.15, 0.2) is 24.3 Å². The highest BCUT2D eigenvalue weighted by molar-refractivity contribution is 5.17. The van der Waals surface area contributed by atoms with E-state index in [2.05, 4.69) is 19.2 Å². The number of halogens is 1. The van der Waals surface area contributed by atoms with Gasteiger partial charge in [-0.05, 0) is 37.1 Å². The summed E-state index contributed by atoms with van der Waals surface area (Å²) in [5.41, 5.74) is 1.14. The van der Waals surface area contributed by atoms with Crippen molar-refractivity contribution in [2.75, 3.05) is 13.7 Å². The number of likely N-dealkylation sites (N-methyl/N-ethyl adjacent to an activating group) is 1. The molecule has 18 heavy (non-hydrogen) atoms. The topological polar surface area (TPSA) is 21.3 Å². The predicted octanol–water partition coefficient (Wildman–Crippen LogP) is 3.16. The minimum Gasteiger partial charge on any atom is -0.380 e. The van der Waals surface area contributed by atoms with Gasteiger partial charge in [-0.15, -0.1) is 0 Å². The SMILES string of the molecule is CCCC(OC)C(Cc1ccc(F)cc1)NCC. The molecule has 3 heteroatoms. The zero-order valence-electron chi connectivity index (χ0n) is 11.6. The van der Waals surface area contributed by atoms with Gasteiger partial charge >= 0.3 is 0 Å². The minimum absolute atomic E-state index is 0.185. The largest absolute Gasteiger partial charge is 0.380 e. The molecule has 0 heterocycles. The molecule has 0 aromatic heterocycles. The second-order valence-electron chi connectivity index (χ2n) is 4.56. The first-order valence-electron chi connectivity index (χ1n) is 6.71. The van der Waals surface area contributed by atoms with Crippen LogP contribution in [-0.4, -0.2) is 25.8 Å². The summed E-state index contributed by atoms with van der Waals surface area (Å²) in [6, 6.07) is 7.00. The van der Waals surface area contributed by atoms with E-state index >= 15 is 0 Å². The fourth-order valence-electron chi connectivity index (χ4n) is 2.24. The highest BCUT2D eigenvalue weighted by Crippen LogP contribution is 2.13. The zero-order valence-corrected chi connectivity index (χ0v) is 11.6. The molecule has 0 aliphatic rings. The van der Waals surface area contributed by atoms with Crippen molar-refractivity contribution in [1.29, 1.82) is 0 Å². The van der Waals surface area contributed by atoms with Crippen molar-refractivity contribution in [3.8, 4) is 0 Å². The summed E-state index contributed by atoms with van der Waals surface area (Å²) in [7, 11) is 1.76. The molecule has 2 nitrogen and oxygen atoms in total. The summed E-state index contributed by atoms with van der Waals surface area (Å²) >= 11 is 0. The van der Waals surface area contributed by atoms with Gasteiger partial charge in [0.05, 0.1) is 6.10 Å². The Hall–Kier alpha value is -0.930. The van der Waals surface area contributed by atoms with Crippen LogP contribution < -0.4 is 5.32 Å². The van der Waals surface area contributed by atoms with E-state index in [1.807, 2.05) is 12.1 Å². The molecular weight excluding hydrogens is 229 g/mol. The molecule has 0 saturated heterocycles. The number of benzene rings is 1. The molecule has 102 valence electrons. The molecule has 0 spiro atoms. The van der Waals surface area contributed by atoms with Crippen LogP contribution in [0.25, 0.3) is 0 Å². The summed E-state index contributed by atoms with van der Waals surface area (Å²) in [5.74, 6) is -0.185. The van der Waals surface area contributed by atoms with Crippen molar-refractivity contribution in [2.45, 2.75) is 45.3 Å². The Morgan fingerprint density at radius 1 is 1.22 bits per heavy atom. The monoisotopic (exact) mass is 253 g/mol. The van der Waals surface area contributed by atoms with E-state index in [-0.39, 0.29) is 18.0 Å². The van der Waals surface area contributed by atoms with Crippen LogP contribution in [0.2, 0.25) is 0 Å². The first-order valence-corrected chi connectivity index (χ1v) is 6.71. The van der Waals surface area contributed by atoms with Gasteiger partial charge < -0.3 is 10.1 Å². The summed E-state index contributed by atoms with van der Waals surface area (Å²) < 4.78 is 18.4. The summed E-state index contributed by atoms with van der Waals surface area (Å²) in [5, 5.41) is 3.46. The molecule has 2 atom stereocenters. The Morgan fingerprint density at radius 2 is 1.89 bits per heavy atom. The third kappa shape index (κ3) is 4.75. The van der Waals surface area contributed by atoms with Crippen LogP contribution in [-0.2, 0) is 11.2 Å². The summed E-state index contributed by atoms with van der Waals surface area (Å²) in [6.07, 6.45) is 3.21. The molecule has 1 N–H and O–H groups in total. The lowest BCUT2D eigenvalue weighted by molar-refractivity contribution is 0.0614. The third-order valence-corrected chi connectivity index (χ3v) is 3.16. The van der Waals surface area contributed by atoms with Crippen LogP contribution in [0, 0.1) is 5.82 Å². The van der Waals surface area contributed by atoms with Crippen molar-refractivity contribution >= 4 is 0 Å². The predicted molar refractivity (Wildman–Crippen MR) is 73.3 cm³/mol. The lowest BCUT2D eigenvalue weighted by Crippen LogP contribution is -2.42. The van der Waals surface area contributed by atoms with Gasteiger partial charge in [0.25, 0.3) is 0 Å². The molecule has 0 aliphatic carbocycles. The zero-order chi connectivity index (χ0) is 13.4. The van der Waals surface area contributed by atoms with Crippen LogP contribution in [0.4, 0.5) is 4.39 Å². The van der Waals surface area contributed by atoms with E-state index in [1.54, 1.807) is 7.11 Å². The molecule has 2 unspecified atom stereocenters. The fraction of sp³-hybridized carbons (Fsp3) is 0.600. The molecule has 0 amide bonds. The van der Waals surface area contributed by atoms with Gasteiger partial charge in [-0.1, -0.05) is 32.4 Å². The number of ether oxygens (including phenoxy) is 1. The molecular formula is C15H24FNO. The summed E-state index contributed by atoms with van der Waals surface area (Å²) in [6.45, 7) is 5.17. The fourth-order valence-corrected chi connectivity index (χ4v) is 2.24. The first-order chi connectivity index (χ1) is 8.71. The molecule has 1 aromatic carbocycles. The number of hydrogen-bond donors (Lipinski definition) is 1. The third-order valence-electron chi connectivity index (χ3n) is 3.16. The maximum absolute atomic E-state index is 12.9. The number of methoxy groups -OCH3 is 1. The van der Waals surface area contributed by atoms with E-state index < -0.39 is 0 Å². The van der Waals surface area contributed by atoms with Crippen LogP contribution in [0.3, 0.4) is 0 Å². The lowest BCUT2D eigenvalue weighted by atomic mass is 9.98. The maximum Gasteiger partial charge on any atom is 0.123 e. The molecule has 0 bridgehead atoms. The van der Waals surface area contributed by atoms with Crippen molar-refractivity contribution in [2.24, 2.45) is 0 Å². The molecule has 0 saturated carbocycles. The van der Waals surface area contributed by atoms with Crippen LogP contribution in [0.5, 0.6) is 0 Å². The highest BCUT2D eigenvalue weighted by atomic mass is 19.1. The van der Waals surface area contributed by atoms with Gasteiger partial charge in [-0.3, -0.25) is 0 Å². The quantitative estimate of drug-likeness (QED) is 0.768. The van der Waals surface area contributed by atoms with Crippen molar-refractivity contribution < 1.29 is 9.13 Å². The molecule has 0 radical (unpaired) electrons. The van der Waals surface area contributed by atoms with Gasteiger partial charge in [0.15, 0.2) is 0 Å². The Bertz CT molecular complexity index is 326. The molecule has 0 aliphatic heterocycles. The number of hydrogen-bond acceptors (Lipinski definition) is 2. The standard InChI is InChI=1S/C15H24FNO/c1-4-6-15(18-3)14(17-5-2)11-12-7-9-13(16)10-8-12/h7-10,14-15,17H,4-6,11H2,1-3H3. The first kappa shape index (κ1) is 15.1. The van der Waals surface area contributed by atoms with Crippen LogP contribution >= 0.6 is 0 Å². The second-order valence-corrected chi connectivity index (χ2v) is 4.56. The highest BCUT2D eigenvalue weighted by Gasteiger charge is 2.19. The van der Waals surface area contributed by atoms with Gasteiger partial charge in [-0.25, -0.2) is 4.39 Å². The van der Waals surface area contributed by atoms with E-state index in [9.17, 15) is 4.39 Å². The second kappa shape index (κ2) is 8.22. The number of nitrogens with one attached hydrogen (secondary N) is 1. The van der Waals surface area contributed by atoms with Crippen molar-refractivity contribution in [3.05, 3.63) is 35.6 Å². The Labute approximate surface area is 110 Å². The van der Waals surface area contributed by atoms with E-state index in [4.69, 9.17) is 4.74 Å². The van der Waals surface area contributed by atoms with Crippen molar-refractivity contribution in [1.82, 2.24) is 5.32 Å². The lowest BCUT2D eigenvalue weighted by Gasteiger charge is -2.26. The average Bonchev–Trinajstić information content (AvgIpc) is 2.38. The molecule has 1 rings (SSSR count).